The van der Waals surface area contributed by atoms with Crippen molar-refractivity contribution in [3.63, 3.8) is 0 Å². The van der Waals surface area contributed by atoms with Crippen LogP contribution < -0.4 is 5.73 Å². The smallest absolute Gasteiger partial charge is 0.346 e. The van der Waals surface area contributed by atoms with Crippen LogP contribution in [0.1, 0.15) is 22.7 Å². The summed E-state index contributed by atoms with van der Waals surface area (Å²) in [6.07, 6.45) is 5.26. The van der Waals surface area contributed by atoms with Gasteiger partial charge in [-0.1, -0.05) is 5.92 Å². The van der Waals surface area contributed by atoms with Crippen LogP contribution in [0.25, 0.3) is 0 Å². The lowest BCUT2D eigenvalue weighted by Crippen LogP contribution is -2.33. The van der Waals surface area contributed by atoms with Gasteiger partial charge in [0.15, 0.2) is 0 Å². The molecular formula is C14H15N3O2. The Balaban J connectivity index is 2.48. The van der Waals surface area contributed by atoms with Crippen molar-refractivity contribution >= 4 is 11.9 Å². The lowest BCUT2D eigenvalue weighted by atomic mass is 9.99. The average molecular weight is 257 g/mol. The Hall–Kier alpha value is -2.48. The Morgan fingerprint density at radius 1 is 1.47 bits per heavy atom. The molecule has 98 valence electrons. The predicted molar refractivity (Wildman–Crippen MR) is 72.9 cm³/mol. The highest BCUT2D eigenvalue weighted by Gasteiger charge is 2.34. The van der Waals surface area contributed by atoms with Gasteiger partial charge in [-0.3, -0.25) is 4.90 Å². The molecule has 2 rings (SSSR count). The van der Waals surface area contributed by atoms with Crippen LogP contribution in [0.2, 0.25) is 0 Å². The number of benzene rings is 1. The predicted octanol–water partition coefficient (Wildman–Crippen LogP) is 1.48. The second-order valence-electron chi connectivity index (χ2n) is 4.56. The number of nitrogens with two attached hydrogens (primary N) is 1. The molecule has 0 aromatic heterocycles. The molecule has 5 heteroatoms. The Morgan fingerprint density at radius 2 is 2.05 bits per heavy atom. The lowest BCUT2D eigenvalue weighted by molar-refractivity contribution is 0.213. The molecule has 1 aromatic rings. The first kappa shape index (κ1) is 13.0. The van der Waals surface area contributed by atoms with E-state index < -0.39 is 12.1 Å². The van der Waals surface area contributed by atoms with Crippen molar-refractivity contribution in [1.29, 1.82) is 0 Å². The molecule has 1 aliphatic rings. The molecule has 5 nitrogen and oxygen atoms in total. The van der Waals surface area contributed by atoms with Crippen LogP contribution >= 0.6 is 0 Å². The summed E-state index contributed by atoms with van der Waals surface area (Å²) in [5, 5.41) is 9.79. The normalized spacial score (nSPS) is 18.4. The molecule has 0 spiro atoms. The number of terminal acetylenes is 1. The van der Waals surface area contributed by atoms with Crippen LogP contribution in [0.15, 0.2) is 17.1 Å². The average Bonchev–Trinajstić information content (AvgIpc) is 2.61. The summed E-state index contributed by atoms with van der Waals surface area (Å²) in [6, 6.07) is 2.69. The van der Waals surface area contributed by atoms with Crippen LogP contribution in [-0.4, -0.2) is 28.4 Å². The fourth-order valence-electron chi connectivity index (χ4n) is 2.26. The van der Waals surface area contributed by atoms with Crippen molar-refractivity contribution in [2.24, 2.45) is 10.7 Å². The van der Waals surface area contributed by atoms with E-state index in [0.29, 0.717) is 0 Å². The van der Waals surface area contributed by atoms with Gasteiger partial charge >= 0.3 is 6.03 Å². The van der Waals surface area contributed by atoms with Crippen LogP contribution in [-0.2, 0) is 0 Å². The van der Waals surface area contributed by atoms with Crippen LogP contribution in [0.5, 0.6) is 5.75 Å². The summed E-state index contributed by atoms with van der Waals surface area (Å²) in [7, 11) is 0. The third-order valence-corrected chi connectivity index (χ3v) is 3.15. The second kappa shape index (κ2) is 4.65. The minimum atomic E-state index is -0.457. The van der Waals surface area contributed by atoms with E-state index in [2.05, 4.69) is 10.9 Å². The molecule has 1 aliphatic heterocycles. The van der Waals surface area contributed by atoms with E-state index in [4.69, 9.17) is 12.2 Å². The summed E-state index contributed by atoms with van der Waals surface area (Å²) in [4.78, 5) is 16.9. The molecule has 0 bridgehead atoms. The standard InChI is InChI=1S/C14H15N3O2/c1-4-5-17-11(13(15)16-14(17)19)10-6-8(2)12(18)9(3)7-10/h1,6-7,11,18H,5H2,2-3H3,(H2,15,16,19). The number of amides is 2. The number of phenolic OH excluding ortho intramolecular Hbond substituents is 1. The number of aryl methyl sites for hydroxylation is 2. The fourth-order valence-corrected chi connectivity index (χ4v) is 2.26. The van der Waals surface area contributed by atoms with Gasteiger partial charge in [0, 0.05) is 0 Å². The Morgan fingerprint density at radius 3 is 2.58 bits per heavy atom. The SMILES string of the molecule is C#CCN1C(=O)N=C(N)C1c1cc(C)c(O)c(C)c1. The maximum Gasteiger partial charge on any atom is 0.346 e. The third-order valence-electron chi connectivity index (χ3n) is 3.15. The molecule has 0 fully saturated rings. The number of carbonyl (C=O) groups is 1. The highest BCUT2D eigenvalue weighted by Crippen LogP contribution is 2.31. The van der Waals surface area contributed by atoms with Crippen molar-refractivity contribution in [2.45, 2.75) is 19.9 Å². The largest absolute Gasteiger partial charge is 0.507 e. The summed E-state index contributed by atoms with van der Waals surface area (Å²) in [6.45, 7) is 3.73. The van der Waals surface area contributed by atoms with Crippen LogP contribution in [0.4, 0.5) is 4.79 Å². The van der Waals surface area contributed by atoms with E-state index in [1.807, 2.05) is 0 Å². The van der Waals surface area contributed by atoms with Gasteiger partial charge in [-0.2, -0.15) is 4.99 Å². The Bertz CT molecular complexity index is 591. The summed E-state index contributed by atoms with van der Waals surface area (Å²) in [5.74, 6) is 2.90. The van der Waals surface area contributed by atoms with E-state index >= 15 is 0 Å². The maximum atomic E-state index is 11.7. The number of urea groups is 1. The van der Waals surface area contributed by atoms with Crippen LogP contribution in [0.3, 0.4) is 0 Å². The van der Waals surface area contributed by atoms with Gasteiger partial charge in [-0.05, 0) is 42.7 Å². The fraction of sp³-hybridized carbons (Fsp3) is 0.286. The summed E-state index contributed by atoms with van der Waals surface area (Å²) < 4.78 is 0. The zero-order valence-electron chi connectivity index (χ0n) is 10.8. The lowest BCUT2D eigenvalue weighted by Gasteiger charge is -2.23. The number of carbonyl (C=O) groups excluding carboxylic acids is 1. The number of hydrogen-bond donors (Lipinski definition) is 2. The molecule has 1 heterocycles. The summed E-state index contributed by atoms with van der Waals surface area (Å²) in [5.41, 5.74) is 8.07. The van der Waals surface area contributed by atoms with Crippen LogP contribution in [0, 0.1) is 26.2 Å². The molecule has 0 saturated carbocycles. The maximum absolute atomic E-state index is 11.7. The van der Waals surface area contributed by atoms with E-state index in [-0.39, 0.29) is 18.1 Å². The zero-order valence-corrected chi connectivity index (χ0v) is 10.8. The molecule has 1 aromatic carbocycles. The highest BCUT2D eigenvalue weighted by atomic mass is 16.3. The Labute approximate surface area is 111 Å². The first-order valence-electron chi connectivity index (χ1n) is 5.84. The third kappa shape index (κ3) is 2.13. The van der Waals surface area contributed by atoms with Crippen molar-refractivity contribution in [2.75, 3.05) is 6.54 Å². The molecule has 0 saturated heterocycles. The highest BCUT2D eigenvalue weighted by molar-refractivity contribution is 6.03. The number of aliphatic imine (C=N–C) groups is 1. The molecule has 3 N–H and O–H groups in total. The first-order chi connectivity index (χ1) is 8.95. The van der Waals surface area contributed by atoms with Gasteiger partial charge in [0.1, 0.15) is 17.6 Å². The number of phenols is 1. The molecule has 0 radical (unpaired) electrons. The van der Waals surface area contributed by atoms with E-state index in [1.165, 1.54) is 4.90 Å². The quantitative estimate of drug-likeness (QED) is 0.787. The number of nitrogens with zero attached hydrogens (tertiary/aromatic N) is 2. The topological polar surface area (TPSA) is 78.9 Å². The Kier molecular flexibility index (Phi) is 3.17. The van der Waals surface area contributed by atoms with Gasteiger partial charge < -0.3 is 10.8 Å². The van der Waals surface area contributed by atoms with Gasteiger partial charge in [0.05, 0.1) is 6.54 Å². The number of amidine groups is 1. The molecule has 1 atom stereocenters. The van der Waals surface area contributed by atoms with Gasteiger partial charge in [-0.25, -0.2) is 4.79 Å². The molecule has 2 amide bonds. The minimum Gasteiger partial charge on any atom is -0.507 e. The van der Waals surface area contributed by atoms with Gasteiger partial charge in [0.25, 0.3) is 0 Å². The number of rotatable bonds is 2. The van der Waals surface area contributed by atoms with Crippen molar-refractivity contribution in [1.82, 2.24) is 4.90 Å². The van der Waals surface area contributed by atoms with Crippen molar-refractivity contribution < 1.29 is 9.90 Å². The van der Waals surface area contributed by atoms with Gasteiger partial charge in [-0.15, -0.1) is 6.42 Å². The van der Waals surface area contributed by atoms with Crippen molar-refractivity contribution in [3.8, 4) is 18.1 Å². The molecule has 19 heavy (non-hydrogen) atoms. The zero-order chi connectivity index (χ0) is 14.2. The van der Waals surface area contributed by atoms with Gasteiger partial charge in [0.2, 0.25) is 0 Å². The number of hydrogen-bond acceptors (Lipinski definition) is 3. The first-order valence-corrected chi connectivity index (χ1v) is 5.84. The molecule has 0 aliphatic carbocycles. The van der Waals surface area contributed by atoms with E-state index in [1.54, 1.807) is 26.0 Å². The summed E-state index contributed by atoms with van der Waals surface area (Å²) >= 11 is 0. The van der Waals surface area contributed by atoms with Crippen molar-refractivity contribution in [3.05, 3.63) is 28.8 Å². The van der Waals surface area contributed by atoms with E-state index in [9.17, 15) is 9.90 Å². The molecular weight excluding hydrogens is 242 g/mol. The monoisotopic (exact) mass is 257 g/mol. The minimum absolute atomic E-state index is 0.146. The second-order valence-corrected chi connectivity index (χ2v) is 4.56. The molecule has 1 unspecified atom stereocenters. The van der Waals surface area contributed by atoms with E-state index in [0.717, 1.165) is 16.7 Å². The number of aromatic hydroxyl groups is 1.